The molecule has 0 spiro atoms. The number of allylic oxidation sites excluding steroid dienone is 1. The average Bonchev–Trinajstić information content (AvgIpc) is 1.82. The van der Waals surface area contributed by atoms with Crippen LogP contribution in [0.15, 0.2) is 42.0 Å². The number of nitrogens with two attached hydrogens (primary N) is 1. The molecule has 0 radical (unpaired) electrons. The molecule has 0 bridgehead atoms. The molecule has 6 amide bonds. The summed E-state index contributed by atoms with van der Waals surface area (Å²) < 4.78 is 28.7. The molecule has 4 aliphatic carbocycles. The summed E-state index contributed by atoms with van der Waals surface area (Å²) in [5.74, 6) is -0.813. The summed E-state index contributed by atoms with van der Waals surface area (Å²) >= 11 is 0. The van der Waals surface area contributed by atoms with E-state index in [4.69, 9.17) is 34.8 Å². The SMILES string of the molecule is CC(C)CCCC(C)C1CCC2C3CC=C4CC(OCCOCCOCCOCCOC(=O)NCCCC[C@@H]5NC(=O)[C@@H](Cc6ccccc6)NC(=O)[C@H](CC(=O)O)NC(=O)CNC(=O)[C@H](CCCNC(=N)N)NC5=O)CCC4(C)C3CCC12C. The Morgan fingerprint density at radius 2 is 1.34 bits per heavy atom. The summed E-state index contributed by atoms with van der Waals surface area (Å²) in [5, 5.41) is 34.9. The number of alkyl carbamates (subject to hydrolysis) is 1. The normalized spacial score (nSPS) is 28.5. The van der Waals surface area contributed by atoms with Gasteiger partial charge >= 0.3 is 12.1 Å². The quantitative estimate of drug-likeness (QED) is 0.0192. The van der Waals surface area contributed by atoms with Gasteiger partial charge in [-0.3, -0.25) is 34.2 Å². The fraction of sp³-hybridized carbons (Fsp3) is 0.746. The number of carboxylic acids is 1. The molecule has 1 aliphatic heterocycles. The van der Waals surface area contributed by atoms with Gasteiger partial charge in [0.25, 0.3) is 0 Å². The number of hydrogen-bond acceptors (Lipinski definition) is 13. The summed E-state index contributed by atoms with van der Waals surface area (Å²) in [7, 11) is 0. The summed E-state index contributed by atoms with van der Waals surface area (Å²) in [6.07, 6.45) is 16.7. The molecule has 12 atom stereocenters. The number of carbonyl (C=O) groups excluding carboxylic acids is 6. The highest BCUT2D eigenvalue weighted by Crippen LogP contribution is 2.67. The maximum atomic E-state index is 14.0. The van der Waals surface area contributed by atoms with E-state index in [1.54, 1.807) is 35.9 Å². The molecule has 11 N–H and O–H groups in total. The minimum atomic E-state index is -1.61. The van der Waals surface area contributed by atoms with Crippen molar-refractivity contribution in [3.05, 3.63) is 47.5 Å². The van der Waals surface area contributed by atoms with Crippen LogP contribution in [0.25, 0.3) is 0 Å². The van der Waals surface area contributed by atoms with Crippen LogP contribution in [0.3, 0.4) is 0 Å². The molecule has 22 nitrogen and oxygen atoms in total. The average molecular weight is 1190 g/mol. The van der Waals surface area contributed by atoms with Gasteiger partial charge < -0.3 is 71.7 Å². The minimum absolute atomic E-state index is 0.00194. The zero-order valence-corrected chi connectivity index (χ0v) is 51.2. The molecule has 6 rings (SSSR count). The van der Waals surface area contributed by atoms with Crippen molar-refractivity contribution in [1.82, 2.24) is 37.2 Å². The number of rotatable bonds is 31. The second-order valence-corrected chi connectivity index (χ2v) is 25.2. The molecule has 4 fully saturated rings. The predicted octanol–water partition coefficient (Wildman–Crippen LogP) is 5.41. The lowest BCUT2D eigenvalue weighted by Crippen LogP contribution is -2.58. The molecule has 8 unspecified atom stereocenters. The highest BCUT2D eigenvalue weighted by atomic mass is 16.6. The zero-order valence-electron chi connectivity index (χ0n) is 51.2. The van der Waals surface area contributed by atoms with Gasteiger partial charge in [0, 0.05) is 19.5 Å². The fourth-order valence-corrected chi connectivity index (χ4v) is 14.4. The van der Waals surface area contributed by atoms with Gasteiger partial charge in [0.1, 0.15) is 30.8 Å². The topological polar surface area (TPSA) is 320 Å². The Morgan fingerprint density at radius 3 is 2.04 bits per heavy atom. The molecule has 0 aromatic heterocycles. The number of unbranched alkanes of at least 4 members (excludes halogenated alkanes) is 1. The number of fused-ring (bicyclic) bond motifs is 5. The Kier molecular flexibility index (Phi) is 27.7. The molecule has 22 heteroatoms. The molecule has 5 aliphatic rings. The Balaban J connectivity index is 0.847. The van der Waals surface area contributed by atoms with Crippen molar-refractivity contribution in [3.63, 3.8) is 0 Å². The van der Waals surface area contributed by atoms with Crippen LogP contribution in [0.4, 0.5) is 4.79 Å². The zero-order chi connectivity index (χ0) is 61.4. The van der Waals surface area contributed by atoms with Gasteiger partial charge in [0.2, 0.25) is 29.5 Å². The first kappa shape index (κ1) is 68.3. The third-order valence-electron chi connectivity index (χ3n) is 18.9. The first-order chi connectivity index (χ1) is 40.8. The predicted molar refractivity (Wildman–Crippen MR) is 321 cm³/mol. The summed E-state index contributed by atoms with van der Waals surface area (Å²) in [6, 6.07) is 3.30. The van der Waals surface area contributed by atoms with Crippen molar-refractivity contribution < 1.29 is 62.4 Å². The molecule has 3 saturated carbocycles. The van der Waals surface area contributed by atoms with Crippen LogP contribution in [-0.2, 0) is 58.9 Å². The minimum Gasteiger partial charge on any atom is -0.481 e. The molecular weight excluding hydrogens is 1090 g/mol. The number of aliphatic carboxylic acids is 1. The molecule has 1 heterocycles. The molecule has 1 aromatic rings. The van der Waals surface area contributed by atoms with Gasteiger partial charge in [-0.1, -0.05) is 95.9 Å². The Bertz CT molecular complexity index is 2380. The van der Waals surface area contributed by atoms with Crippen LogP contribution in [0.1, 0.15) is 149 Å². The Hall–Kier alpha value is -5.84. The smallest absolute Gasteiger partial charge is 0.407 e. The first-order valence-corrected chi connectivity index (χ1v) is 31.5. The van der Waals surface area contributed by atoms with Gasteiger partial charge in [-0.05, 0) is 135 Å². The first-order valence-electron chi connectivity index (χ1n) is 31.5. The van der Waals surface area contributed by atoms with Crippen LogP contribution in [0.5, 0.6) is 0 Å². The van der Waals surface area contributed by atoms with E-state index >= 15 is 0 Å². The van der Waals surface area contributed by atoms with Crippen molar-refractivity contribution in [3.8, 4) is 0 Å². The van der Waals surface area contributed by atoms with Gasteiger partial charge in [-0.25, -0.2) is 4.79 Å². The van der Waals surface area contributed by atoms with E-state index in [2.05, 4.69) is 77.9 Å². The number of carbonyl (C=O) groups is 7. The standard InChI is InChI=1S/C63H101N9O13/c1-41(2)13-11-14-42(3)47-21-22-48-46-20-19-44-38-45(23-25-62(44,4)49(46)24-26-63(47,48)5)84-35-33-82-31-29-81-30-32-83-34-36-85-61(80)67-27-10-9-17-51-57(77)70-50(18-12-28-66-60(64)65)56(76)68-40-54(73)69-53(39-55(74)75)59(79)72-52(58(78)71-51)37-43-15-7-6-8-16-43/h6-8,15-16,19,41-42,45-53H,9-14,17-18,20-40H2,1-5H3,(H,67,80)(H,68,76)(H,69,73)(H,70,77)(H,71,78)(H,72,79)(H,74,75)(H4,64,65,66)/t42?,45?,46?,47?,48?,49?,50-,51-,52+,53-,62?,63?/m0/s1. The third kappa shape index (κ3) is 21.2. The number of guanidine groups is 1. The summed E-state index contributed by atoms with van der Waals surface area (Å²) in [6.45, 7) is 15.0. The third-order valence-corrected chi connectivity index (χ3v) is 18.9. The van der Waals surface area contributed by atoms with Crippen molar-refractivity contribution in [2.24, 2.45) is 52.1 Å². The van der Waals surface area contributed by atoms with Crippen LogP contribution in [0.2, 0.25) is 0 Å². The van der Waals surface area contributed by atoms with Gasteiger partial charge in [0.05, 0.1) is 65.3 Å². The number of nitrogens with one attached hydrogen (secondary N) is 8. The van der Waals surface area contributed by atoms with E-state index in [1.807, 2.05) is 0 Å². The monoisotopic (exact) mass is 1190 g/mol. The summed E-state index contributed by atoms with van der Waals surface area (Å²) in [5.41, 5.74) is 8.49. The van der Waals surface area contributed by atoms with Gasteiger partial charge in [-0.2, -0.15) is 0 Å². The van der Waals surface area contributed by atoms with Crippen LogP contribution in [-0.4, -0.2) is 155 Å². The lowest BCUT2D eigenvalue weighted by Gasteiger charge is -2.58. The Labute approximate surface area is 503 Å². The van der Waals surface area contributed by atoms with Crippen molar-refractivity contribution >= 4 is 47.6 Å². The van der Waals surface area contributed by atoms with Gasteiger partial charge in [0.15, 0.2) is 5.96 Å². The van der Waals surface area contributed by atoms with E-state index in [-0.39, 0.29) is 64.1 Å². The lowest BCUT2D eigenvalue weighted by atomic mass is 9.47. The highest BCUT2D eigenvalue weighted by Gasteiger charge is 2.59. The Morgan fingerprint density at radius 1 is 0.706 bits per heavy atom. The number of ether oxygens (including phenoxy) is 5. The molecule has 85 heavy (non-hydrogen) atoms. The highest BCUT2D eigenvalue weighted by molar-refractivity contribution is 5.98. The molecule has 1 aromatic carbocycles. The second kappa shape index (κ2) is 34.5. The van der Waals surface area contributed by atoms with Crippen molar-refractivity contribution in [1.29, 1.82) is 5.41 Å². The second-order valence-electron chi connectivity index (χ2n) is 25.2. The van der Waals surface area contributed by atoms with E-state index < -0.39 is 78.7 Å². The maximum Gasteiger partial charge on any atom is 0.407 e. The fourth-order valence-electron chi connectivity index (χ4n) is 14.4. The molecule has 1 saturated heterocycles. The lowest BCUT2D eigenvalue weighted by molar-refractivity contribution is -0.141. The van der Waals surface area contributed by atoms with E-state index in [0.29, 0.717) is 68.9 Å². The van der Waals surface area contributed by atoms with E-state index in [0.717, 1.165) is 48.3 Å². The van der Waals surface area contributed by atoms with E-state index in [9.17, 15) is 38.7 Å². The van der Waals surface area contributed by atoms with Crippen LogP contribution < -0.4 is 43.0 Å². The molecular formula is C63H101N9O13. The van der Waals surface area contributed by atoms with Crippen LogP contribution in [0, 0.1) is 51.7 Å². The summed E-state index contributed by atoms with van der Waals surface area (Å²) in [4.78, 5) is 92.1. The molecule has 476 valence electrons. The maximum absolute atomic E-state index is 14.0. The number of carboxylic acid groups (broad SMARTS) is 1. The van der Waals surface area contributed by atoms with Crippen molar-refractivity contribution in [2.75, 3.05) is 72.5 Å². The number of hydrogen-bond donors (Lipinski definition) is 10. The number of amides is 6. The largest absolute Gasteiger partial charge is 0.481 e. The van der Waals surface area contributed by atoms with Crippen LogP contribution >= 0.6 is 0 Å². The van der Waals surface area contributed by atoms with Crippen molar-refractivity contribution in [2.45, 2.75) is 180 Å². The number of benzene rings is 1. The van der Waals surface area contributed by atoms with E-state index in [1.165, 1.54) is 57.8 Å². The van der Waals surface area contributed by atoms with Gasteiger partial charge in [-0.15, -0.1) is 0 Å².